The molecule has 0 fully saturated rings. The maximum atomic E-state index is 12.2. The predicted octanol–water partition coefficient (Wildman–Crippen LogP) is 3.35. The second kappa shape index (κ2) is 7.72. The number of allylic oxidation sites excluding steroid dienone is 1. The van der Waals surface area contributed by atoms with E-state index in [2.05, 4.69) is 63.6 Å². The number of hydrogen-bond donors (Lipinski definition) is 2. The number of hydrogen-bond acceptors (Lipinski definition) is 4. The summed E-state index contributed by atoms with van der Waals surface area (Å²) in [6.45, 7) is 6.54. The highest BCUT2D eigenvalue weighted by Crippen LogP contribution is 2.23. The Hall–Kier alpha value is -2.99. The van der Waals surface area contributed by atoms with Gasteiger partial charge < -0.3 is 0 Å². The lowest BCUT2D eigenvalue weighted by molar-refractivity contribution is -0.658. The monoisotopic (exact) mass is 351 g/mol. The molecule has 1 amide bonds. The highest BCUT2D eigenvalue weighted by atomic mass is 32.1. The fourth-order valence-electron chi connectivity index (χ4n) is 2.39. The molecule has 2 N–H and O–H groups in total. The van der Waals surface area contributed by atoms with E-state index in [-0.39, 0.29) is 5.91 Å². The number of carbonyl (C=O) groups excluding carboxylic acids is 1. The van der Waals surface area contributed by atoms with Crippen molar-refractivity contribution in [3.8, 4) is 11.3 Å². The van der Waals surface area contributed by atoms with Crippen molar-refractivity contribution in [3.63, 3.8) is 0 Å². The molecule has 3 aromatic rings. The Balaban J connectivity index is 1.81. The molecule has 25 heavy (non-hydrogen) atoms. The molecule has 0 radical (unpaired) electrons. The van der Waals surface area contributed by atoms with E-state index in [0.717, 1.165) is 16.4 Å². The van der Waals surface area contributed by atoms with Crippen LogP contribution >= 0.6 is 11.3 Å². The SMILES string of the molecule is C=CC[n+]1c(-c2ccc(C)cc2)csc1NNC(=O)c1ccncc1. The summed E-state index contributed by atoms with van der Waals surface area (Å²) in [6.07, 6.45) is 5.02. The Labute approximate surface area is 150 Å². The number of aryl methyl sites for hydroxylation is 1. The number of hydrazine groups is 1. The lowest BCUT2D eigenvalue weighted by atomic mass is 10.1. The fraction of sp³-hybridized carbons (Fsp3) is 0.105. The molecule has 126 valence electrons. The van der Waals surface area contributed by atoms with Gasteiger partial charge in [-0.05, 0) is 19.1 Å². The van der Waals surface area contributed by atoms with Crippen LogP contribution in [0.3, 0.4) is 0 Å². The van der Waals surface area contributed by atoms with Crippen LogP contribution in [-0.2, 0) is 6.54 Å². The number of amides is 1. The van der Waals surface area contributed by atoms with Gasteiger partial charge in [-0.25, -0.2) is 4.57 Å². The van der Waals surface area contributed by atoms with Gasteiger partial charge in [0.15, 0.2) is 0 Å². The molecule has 6 heteroatoms. The van der Waals surface area contributed by atoms with Crippen molar-refractivity contribution in [1.82, 2.24) is 10.4 Å². The van der Waals surface area contributed by atoms with Crippen LogP contribution in [0.2, 0.25) is 0 Å². The van der Waals surface area contributed by atoms with Crippen LogP contribution in [0.4, 0.5) is 5.13 Å². The van der Waals surface area contributed by atoms with E-state index in [1.54, 1.807) is 24.5 Å². The van der Waals surface area contributed by atoms with Crippen molar-refractivity contribution >= 4 is 22.4 Å². The quantitative estimate of drug-likeness (QED) is 0.407. The lowest BCUT2D eigenvalue weighted by Crippen LogP contribution is -2.40. The van der Waals surface area contributed by atoms with Crippen molar-refractivity contribution in [2.24, 2.45) is 0 Å². The minimum atomic E-state index is -0.210. The molecule has 0 saturated carbocycles. The number of pyridine rings is 1. The maximum absolute atomic E-state index is 12.2. The van der Waals surface area contributed by atoms with Gasteiger partial charge in [-0.1, -0.05) is 53.8 Å². The zero-order chi connectivity index (χ0) is 17.6. The third-order valence-electron chi connectivity index (χ3n) is 3.70. The fourth-order valence-corrected chi connectivity index (χ4v) is 3.29. The van der Waals surface area contributed by atoms with E-state index in [0.29, 0.717) is 12.1 Å². The van der Waals surface area contributed by atoms with Crippen LogP contribution in [0.5, 0.6) is 0 Å². The van der Waals surface area contributed by atoms with Gasteiger partial charge in [0, 0.05) is 28.9 Å². The van der Waals surface area contributed by atoms with E-state index in [1.807, 2.05) is 6.08 Å². The van der Waals surface area contributed by atoms with Gasteiger partial charge in [0.1, 0.15) is 12.2 Å². The van der Waals surface area contributed by atoms with Crippen molar-refractivity contribution < 1.29 is 9.36 Å². The number of rotatable bonds is 6. The molecular formula is C19H19N4OS+. The van der Waals surface area contributed by atoms with E-state index in [4.69, 9.17) is 0 Å². The Morgan fingerprint density at radius 2 is 1.96 bits per heavy atom. The van der Waals surface area contributed by atoms with Gasteiger partial charge in [-0.3, -0.25) is 9.78 Å². The molecule has 2 heterocycles. The third-order valence-corrected chi connectivity index (χ3v) is 4.59. The van der Waals surface area contributed by atoms with E-state index in [1.165, 1.54) is 16.9 Å². The molecule has 1 aromatic carbocycles. The van der Waals surface area contributed by atoms with Gasteiger partial charge in [-0.2, -0.15) is 10.9 Å². The highest BCUT2D eigenvalue weighted by Gasteiger charge is 2.19. The normalized spacial score (nSPS) is 10.3. The Kier molecular flexibility index (Phi) is 5.20. The topological polar surface area (TPSA) is 57.9 Å². The van der Waals surface area contributed by atoms with E-state index in [9.17, 15) is 4.79 Å². The largest absolute Gasteiger partial charge is 0.358 e. The number of nitrogens with zero attached hydrogens (tertiary/aromatic N) is 2. The number of benzene rings is 1. The van der Waals surface area contributed by atoms with Crippen molar-refractivity contribution in [3.05, 3.63) is 78.0 Å². The standard InChI is InChI=1S/C19H18N4OS/c1-3-12-23-17(15-6-4-14(2)5-7-15)13-25-19(23)22-21-18(24)16-8-10-20-11-9-16/h3-11,13H,1,12H2,2H3,(H,21,24)/p+1. The molecular weight excluding hydrogens is 332 g/mol. The predicted molar refractivity (Wildman–Crippen MR) is 100 cm³/mol. The van der Waals surface area contributed by atoms with Gasteiger partial charge in [0.2, 0.25) is 0 Å². The summed E-state index contributed by atoms with van der Waals surface area (Å²) >= 11 is 1.53. The summed E-state index contributed by atoms with van der Waals surface area (Å²) in [6, 6.07) is 11.7. The smallest absolute Gasteiger partial charge is 0.266 e. The molecule has 5 nitrogen and oxygen atoms in total. The number of anilines is 1. The summed E-state index contributed by atoms with van der Waals surface area (Å²) in [7, 11) is 0. The van der Waals surface area contributed by atoms with Crippen LogP contribution in [-0.4, -0.2) is 10.9 Å². The van der Waals surface area contributed by atoms with Crippen LogP contribution in [0.25, 0.3) is 11.3 Å². The molecule has 0 bridgehead atoms. The second-order valence-corrected chi connectivity index (χ2v) is 6.36. The molecule has 0 atom stereocenters. The Morgan fingerprint density at radius 1 is 1.24 bits per heavy atom. The first kappa shape index (κ1) is 16.9. The van der Waals surface area contributed by atoms with Gasteiger partial charge in [-0.15, -0.1) is 0 Å². The lowest BCUT2D eigenvalue weighted by Gasteiger charge is -2.05. The summed E-state index contributed by atoms with van der Waals surface area (Å²) in [5, 5.41) is 2.90. The molecule has 3 rings (SSSR count). The number of aromatic nitrogens is 2. The molecule has 0 unspecified atom stereocenters. The first-order valence-corrected chi connectivity index (χ1v) is 8.72. The molecule has 2 aromatic heterocycles. The van der Waals surface area contributed by atoms with Crippen LogP contribution < -0.4 is 15.4 Å². The number of carbonyl (C=O) groups is 1. The average molecular weight is 351 g/mol. The first-order chi connectivity index (χ1) is 12.2. The van der Waals surface area contributed by atoms with Crippen LogP contribution in [0.1, 0.15) is 15.9 Å². The summed E-state index contributed by atoms with van der Waals surface area (Å²) in [5.74, 6) is -0.210. The van der Waals surface area contributed by atoms with Crippen molar-refractivity contribution in [1.29, 1.82) is 0 Å². The zero-order valence-corrected chi connectivity index (χ0v) is 14.7. The average Bonchev–Trinajstić information content (AvgIpc) is 3.04. The minimum absolute atomic E-state index is 0.210. The van der Waals surface area contributed by atoms with E-state index < -0.39 is 0 Å². The van der Waals surface area contributed by atoms with Crippen molar-refractivity contribution in [2.45, 2.75) is 13.5 Å². The molecule has 0 saturated heterocycles. The molecule has 0 spiro atoms. The third kappa shape index (κ3) is 3.92. The molecule has 0 aliphatic carbocycles. The Morgan fingerprint density at radius 3 is 2.64 bits per heavy atom. The maximum Gasteiger partial charge on any atom is 0.358 e. The first-order valence-electron chi connectivity index (χ1n) is 7.84. The summed E-state index contributed by atoms with van der Waals surface area (Å²) in [5.41, 5.74) is 9.70. The second-order valence-electron chi connectivity index (χ2n) is 5.51. The number of thiazole rings is 1. The van der Waals surface area contributed by atoms with E-state index >= 15 is 0 Å². The number of nitrogens with one attached hydrogen (secondary N) is 2. The Bertz CT molecular complexity index is 872. The van der Waals surface area contributed by atoms with Gasteiger partial charge in [0.25, 0.3) is 5.91 Å². The summed E-state index contributed by atoms with van der Waals surface area (Å²) < 4.78 is 2.08. The highest BCUT2D eigenvalue weighted by molar-refractivity contribution is 7.13. The van der Waals surface area contributed by atoms with Crippen molar-refractivity contribution in [2.75, 3.05) is 5.43 Å². The zero-order valence-electron chi connectivity index (χ0n) is 13.9. The molecule has 0 aliphatic heterocycles. The molecule has 0 aliphatic rings. The van der Waals surface area contributed by atoms with Crippen LogP contribution in [0.15, 0.2) is 66.8 Å². The van der Waals surface area contributed by atoms with Crippen LogP contribution in [0, 0.1) is 6.92 Å². The van der Waals surface area contributed by atoms with Gasteiger partial charge in [0.05, 0.1) is 0 Å². The van der Waals surface area contributed by atoms with Gasteiger partial charge >= 0.3 is 5.13 Å². The minimum Gasteiger partial charge on any atom is -0.266 e. The summed E-state index contributed by atoms with van der Waals surface area (Å²) in [4.78, 5) is 16.1.